The average Bonchev–Trinajstić information content (AvgIpc) is 2.80. The maximum absolute atomic E-state index is 13.7. The van der Waals surface area contributed by atoms with E-state index in [9.17, 15) is 23.2 Å². The minimum atomic E-state index is -1.20. The number of nitrogens with zero attached hydrogens (tertiary/aromatic N) is 1. The van der Waals surface area contributed by atoms with Gasteiger partial charge < -0.3 is 15.3 Å². The van der Waals surface area contributed by atoms with Crippen LogP contribution in [0.4, 0.5) is 14.5 Å². The van der Waals surface area contributed by atoms with E-state index < -0.39 is 41.4 Å². The van der Waals surface area contributed by atoms with Gasteiger partial charge in [-0.1, -0.05) is 0 Å². The zero-order valence-electron chi connectivity index (χ0n) is 11.7. The molecule has 2 N–H and O–H groups in total. The van der Waals surface area contributed by atoms with Gasteiger partial charge in [0.15, 0.2) is 0 Å². The Labute approximate surface area is 124 Å². The highest BCUT2D eigenvalue weighted by Gasteiger charge is 2.37. The second-order valence-electron chi connectivity index (χ2n) is 5.07. The van der Waals surface area contributed by atoms with Gasteiger partial charge >= 0.3 is 5.97 Å². The van der Waals surface area contributed by atoms with Crippen molar-refractivity contribution >= 4 is 23.5 Å². The molecule has 118 valence electrons. The molecule has 1 heterocycles. The van der Waals surface area contributed by atoms with Crippen LogP contribution in [0, 0.1) is 17.6 Å². The predicted molar refractivity (Wildman–Crippen MR) is 72.1 cm³/mol. The molecular formula is C14H14F2N2O4. The number of amides is 2. The standard InChI is InChI=1S/C14H14F2N2O4/c1-7(14(21)22)17-13(20)8-4-12(19)18(6-8)11-3-2-9(15)5-10(11)16/h2-3,5,7-8H,4,6H2,1H3,(H,17,20)(H,21,22)/t7-,8-/m0/s1. The van der Waals surface area contributed by atoms with Crippen molar-refractivity contribution in [1.29, 1.82) is 0 Å². The second-order valence-corrected chi connectivity index (χ2v) is 5.07. The highest BCUT2D eigenvalue weighted by molar-refractivity contribution is 6.00. The number of benzene rings is 1. The van der Waals surface area contributed by atoms with Crippen LogP contribution in [0.5, 0.6) is 0 Å². The first-order valence-electron chi connectivity index (χ1n) is 6.58. The van der Waals surface area contributed by atoms with Crippen LogP contribution in [0.3, 0.4) is 0 Å². The van der Waals surface area contributed by atoms with Crippen LogP contribution in [0.2, 0.25) is 0 Å². The third-order valence-corrected chi connectivity index (χ3v) is 3.43. The van der Waals surface area contributed by atoms with Gasteiger partial charge in [-0.3, -0.25) is 14.4 Å². The molecule has 2 amide bonds. The smallest absolute Gasteiger partial charge is 0.325 e. The molecule has 1 fully saturated rings. The van der Waals surface area contributed by atoms with Gasteiger partial charge in [-0.05, 0) is 19.1 Å². The van der Waals surface area contributed by atoms with Crippen molar-refractivity contribution in [1.82, 2.24) is 5.32 Å². The summed E-state index contributed by atoms with van der Waals surface area (Å²) in [6.45, 7) is 1.22. The van der Waals surface area contributed by atoms with Crippen molar-refractivity contribution in [3.8, 4) is 0 Å². The number of nitrogens with one attached hydrogen (secondary N) is 1. The fourth-order valence-corrected chi connectivity index (χ4v) is 2.21. The third kappa shape index (κ3) is 3.21. The lowest BCUT2D eigenvalue weighted by atomic mass is 10.1. The van der Waals surface area contributed by atoms with Gasteiger partial charge in [-0.15, -0.1) is 0 Å². The molecule has 0 radical (unpaired) electrons. The summed E-state index contributed by atoms with van der Waals surface area (Å²) >= 11 is 0. The summed E-state index contributed by atoms with van der Waals surface area (Å²) < 4.78 is 26.6. The Morgan fingerprint density at radius 2 is 2.09 bits per heavy atom. The Morgan fingerprint density at radius 1 is 1.41 bits per heavy atom. The van der Waals surface area contributed by atoms with Gasteiger partial charge in [-0.25, -0.2) is 8.78 Å². The lowest BCUT2D eigenvalue weighted by Gasteiger charge is -2.18. The Hall–Kier alpha value is -2.51. The normalized spacial score (nSPS) is 19.1. The molecule has 0 bridgehead atoms. The molecule has 2 atom stereocenters. The van der Waals surface area contributed by atoms with Crippen molar-refractivity contribution in [2.75, 3.05) is 11.4 Å². The molecule has 2 rings (SSSR count). The number of aliphatic carboxylic acids is 1. The van der Waals surface area contributed by atoms with Gasteiger partial charge in [0, 0.05) is 19.0 Å². The molecule has 1 aromatic carbocycles. The van der Waals surface area contributed by atoms with E-state index in [0.717, 1.165) is 17.0 Å². The van der Waals surface area contributed by atoms with Crippen LogP contribution in [-0.2, 0) is 14.4 Å². The lowest BCUT2D eigenvalue weighted by Crippen LogP contribution is -2.42. The molecule has 22 heavy (non-hydrogen) atoms. The first-order valence-corrected chi connectivity index (χ1v) is 6.58. The topological polar surface area (TPSA) is 86.7 Å². The maximum atomic E-state index is 13.7. The molecule has 1 saturated heterocycles. The van der Waals surface area contributed by atoms with Crippen LogP contribution in [-0.4, -0.2) is 35.5 Å². The van der Waals surface area contributed by atoms with Crippen molar-refractivity contribution in [3.63, 3.8) is 0 Å². The number of anilines is 1. The van der Waals surface area contributed by atoms with Gasteiger partial charge in [-0.2, -0.15) is 0 Å². The van der Waals surface area contributed by atoms with Gasteiger partial charge in [0.2, 0.25) is 11.8 Å². The molecule has 8 heteroatoms. The third-order valence-electron chi connectivity index (χ3n) is 3.43. The van der Waals surface area contributed by atoms with E-state index in [4.69, 9.17) is 5.11 Å². The molecule has 0 saturated carbocycles. The van der Waals surface area contributed by atoms with Gasteiger partial charge in [0.05, 0.1) is 11.6 Å². The molecule has 1 aliphatic heterocycles. The van der Waals surface area contributed by atoms with Crippen molar-refractivity contribution in [2.24, 2.45) is 5.92 Å². The van der Waals surface area contributed by atoms with Crippen molar-refractivity contribution in [3.05, 3.63) is 29.8 Å². The van der Waals surface area contributed by atoms with Crippen LogP contribution in [0.1, 0.15) is 13.3 Å². The molecule has 0 spiro atoms. The fourth-order valence-electron chi connectivity index (χ4n) is 2.21. The van der Waals surface area contributed by atoms with Crippen molar-refractivity contribution < 1.29 is 28.3 Å². The molecule has 0 aromatic heterocycles. The molecule has 1 aromatic rings. The van der Waals surface area contributed by atoms with Crippen LogP contribution in [0.25, 0.3) is 0 Å². The molecule has 0 aliphatic carbocycles. The zero-order chi connectivity index (χ0) is 16.4. The summed E-state index contributed by atoms with van der Waals surface area (Å²) in [4.78, 5) is 35.6. The van der Waals surface area contributed by atoms with Crippen LogP contribution >= 0.6 is 0 Å². The highest BCUT2D eigenvalue weighted by atomic mass is 19.1. The lowest BCUT2D eigenvalue weighted by molar-refractivity contribution is -0.141. The Morgan fingerprint density at radius 3 is 2.68 bits per heavy atom. The summed E-state index contributed by atoms with van der Waals surface area (Å²) in [6, 6.07) is 1.72. The maximum Gasteiger partial charge on any atom is 0.325 e. The van der Waals surface area contributed by atoms with Gasteiger partial charge in [0.25, 0.3) is 0 Å². The number of halogens is 2. The van der Waals surface area contributed by atoms with E-state index in [1.165, 1.54) is 6.92 Å². The molecular weight excluding hydrogens is 298 g/mol. The van der Waals surface area contributed by atoms with Crippen LogP contribution < -0.4 is 10.2 Å². The van der Waals surface area contributed by atoms with Crippen molar-refractivity contribution in [2.45, 2.75) is 19.4 Å². The predicted octanol–water partition coefficient (Wildman–Crippen LogP) is 0.907. The Balaban J connectivity index is 2.10. The minimum Gasteiger partial charge on any atom is -0.480 e. The minimum absolute atomic E-state index is 0.0838. The van der Waals surface area contributed by atoms with Crippen LogP contribution in [0.15, 0.2) is 18.2 Å². The largest absolute Gasteiger partial charge is 0.480 e. The second kappa shape index (κ2) is 6.08. The number of hydrogen-bond acceptors (Lipinski definition) is 3. The van der Waals surface area contributed by atoms with E-state index in [1.807, 2.05) is 0 Å². The summed E-state index contributed by atoms with van der Waals surface area (Å²) in [6.07, 6.45) is -0.158. The quantitative estimate of drug-likeness (QED) is 0.865. The first-order chi connectivity index (χ1) is 10.3. The number of carboxylic acid groups (broad SMARTS) is 1. The summed E-state index contributed by atoms with van der Waals surface area (Å²) in [5.41, 5.74) is -0.104. The number of carboxylic acids is 1. The van der Waals surface area contributed by atoms with E-state index in [0.29, 0.717) is 6.07 Å². The monoisotopic (exact) mass is 312 g/mol. The molecule has 1 aliphatic rings. The van der Waals surface area contributed by atoms with E-state index >= 15 is 0 Å². The summed E-state index contributed by atoms with van der Waals surface area (Å²) in [7, 11) is 0. The van der Waals surface area contributed by atoms with E-state index in [1.54, 1.807) is 0 Å². The number of carbonyl (C=O) groups excluding carboxylic acids is 2. The summed E-state index contributed by atoms with van der Waals surface area (Å²) in [5.74, 6) is -4.70. The van der Waals surface area contributed by atoms with E-state index in [-0.39, 0.29) is 18.7 Å². The number of carbonyl (C=O) groups is 3. The Kier molecular flexibility index (Phi) is 4.39. The fraction of sp³-hybridized carbons (Fsp3) is 0.357. The Bertz CT molecular complexity index is 635. The molecule has 0 unspecified atom stereocenters. The van der Waals surface area contributed by atoms with E-state index in [2.05, 4.69) is 5.32 Å². The summed E-state index contributed by atoms with van der Waals surface area (Å²) in [5, 5.41) is 11.0. The average molecular weight is 312 g/mol. The number of rotatable bonds is 4. The van der Waals surface area contributed by atoms with Gasteiger partial charge in [0.1, 0.15) is 17.7 Å². The first kappa shape index (κ1) is 15.9. The zero-order valence-corrected chi connectivity index (χ0v) is 11.7. The molecule has 6 nitrogen and oxygen atoms in total. The highest BCUT2D eigenvalue weighted by Crippen LogP contribution is 2.28. The number of hydrogen-bond donors (Lipinski definition) is 2. The SMILES string of the molecule is C[C@H](NC(=O)[C@H]1CC(=O)N(c2ccc(F)cc2F)C1)C(=O)O.